The Hall–Kier alpha value is -4.01. The van der Waals surface area contributed by atoms with Gasteiger partial charge in [-0.05, 0) is 64.4 Å². The van der Waals surface area contributed by atoms with Crippen LogP contribution in [0.3, 0.4) is 0 Å². The topological polar surface area (TPSA) is 307 Å². The fraction of sp³-hybridized carbons (Fsp3) is 0.742. The van der Waals surface area contributed by atoms with Gasteiger partial charge in [0.15, 0.2) is 0 Å². The normalized spacial score (nSPS) is 18.9. The van der Waals surface area contributed by atoms with Crippen LogP contribution in [0.4, 0.5) is 0 Å². The highest BCUT2D eigenvalue weighted by Gasteiger charge is 2.40. The summed E-state index contributed by atoms with van der Waals surface area (Å²) in [6.07, 6.45) is -1.33. The number of aliphatic hydroxyl groups excluding tert-OH is 2. The number of carbonyl (C=O) groups is 8. The van der Waals surface area contributed by atoms with Crippen LogP contribution in [-0.4, -0.2) is 146 Å². The smallest absolute Gasteiger partial charge is 0.326 e. The summed E-state index contributed by atoms with van der Waals surface area (Å²) in [7, 11) is 0. The van der Waals surface area contributed by atoms with E-state index in [0.29, 0.717) is 18.6 Å². The van der Waals surface area contributed by atoms with Gasteiger partial charge in [-0.15, -0.1) is 0 Å². The van der Waals surface area contributed by atoms with Gasteiger partial charge in [0.1, 0.15) is 36.3 Å². The average molecular weight is 748 g/mol. The van der Waals surface area contributed by atoms with Crippen LogP contribution in [0.5, 0.6) is 0 Å². The molecule has 1 saturated heterocycles. The second-order valence-corrected chi connectivity index (χ2v) is 13.8. The molecule has 0 aromatic carbocycles. The largest absolute Gasteiger partial charge is 0.481 e. The molecule has 1 fully saturated rings. The fourth-order valence-electron chi connectivity index (χ4n) is 5.18. The standard InChI is InChI=1S/C31H53N7O12S/c1-14(2)22(31(49)50)35-26(44)19(9-10-21(41)42)34-28(46)23(16(4)39)37-29(47)24(17(5)40)36-27(45)20-8-7-12-38(20)30(48)15(3)33-25(43)18(32)11-13-51-6/h14-20,22-24,39-40H,7-13,32H2,1-6H3,(H,33,43)(H,34,46)(H,35,44)(H,36,45)(H,37,47)(H,41,42)(H,49,50)/t15-,16+,17+,18-,19-,20-,22-,23-,24-/m0/s1. The molecule has 20 heteroatoms. The highest BCUT2D eigenvalue weighted by Crippen LogP contribution is 2.19. The third kappa shape index (κ3) is 14.3. The van der Waals surface area contributed by atoms with Gasteiger partial charge < -0.3 is 57.6 Å². The molecule has 1 heterocycles. The van der Waals surface area contributed by atoms with Gasteiger partial charge in [-0.1, -0.05) is 13.8 Å². The molecule has 19 nitrogen and oxygen atoms in total. The van der Waals surface area contributed by atoms with E-state index in [1.54, 1.807) is 0 Å². The summed E-state index contributed by atoms with van der Waals surface area (Å²) >= 11 is 1.51. The molecule has 0 spiro atoms. The van der Waals surface area contributed by atoms with Crippen molar-refractivity contribution in [1.29, 1.82) is 0 Å². The summed E-state index contributed by atoms with van der Waals surface area (Å²) in [5.41, 5.74) is 5.89. The van der Waals surface area contributed by atoms with Crippen LogP contribution in [0, 0.1) is 5.92 Å². The Balaban J connectivity index is 3.08. The van der Waals surface area contributed by atoms with Crippen molar-refractivity contribution >= 4 is 59.1 Å². The molecule has 51 heavy (non-hydrogen) atoms. The van der Waals surface area contributed by atoms with Gasteiger partial charge >= 0.3 is 11.9 Å². The maximum absolute atomic E-state index is 13.4. The Bertz CT molecular complexity index is 1270. The number of hydrogen-bond acceptors (Lipinski definition) is 12. The minimum Gasteiger partial charge on any atom is -0.481 e. The number of nitrogens with zero attached hydrogens (tertiary/aromatic N) is 1. The first-order chi connectivity index (χ1) is 23.7. The van der Waals surface area contributed by atoms with Gasteiger partial charge in [0.2, 0.25) is 35.4 Å². The molecule has 0 bridgehead atoms. The van der Waals surface area contributed by atoms with Crippen LogP contribution in [0.15, 0.2) is 0 Å². The first-order valence-electron chi connectivity index (χ1n) is 16.6. The lowest BCUT2D eigenvalue weighted by atomic mass is 10.0. The van der Waals surface area contributed by atoms with E-state index in [4.69, 9.17) is 10.8 Å². The quantitative estimate of drug-likeness (QED) is 0.0556. The van der Waals surface area contributed by atoms with Gasteiger partial charge in [-0.2, -0.15) is 11.8 Å². The van der Waals surface area contributed by atoms with E-state index in [-0.39, 0.29) is 13.0 Å². The number of aliphatic hydroxyl groups is 2. The minimum absolute atomic E-state index is 0.173. The van der Waals surface area contributed by atoms with Crippen LogP contribution in [-0.2, 0) is 38.4 Å². The summed E-state index contributed by atoms with van der Waals surface area (Å²) in [5, 5.41) is 51.0. The summed E-state index contributed by atoms with van der Waals surface area (Å²) < 4.78 is 0. The van der Waals surface area contributed by atoms with Crippen molar-refractivity contribution in [2.75, 3.05) is 18.6 Å². The van der Waals surface area contributed by atoms with E-state index >= 15 is 0 Å². The van der Waals surface area contributed by atoms with E-state index in [0.717, 1.165) is 6.92 Å². The molecule has 0 aromatic rings. The van der Waals surface area contributed by atoms with Gasteiger partial charge in [0, 0.05) is 13.0 Å². The first-order valence-corrected chi connectivity index (χ1v) is 18.0. The van der Waals surface area contributed by atoms with E-state index in [9.17, 15) is 53.7 Å². The van der Waals surface area contributed by atoms with Crippen molar-refractivity contribution in [3.05, 3.63) is 0 Å². The zero-order valence-corrected chi connectivity index (χ0v) is 30.5. The molecule has 290 valence electrons. The second-order valence-electron chi connectivity index (χ2n) is 12.8. The van der Waals surface area contributed by atoms with Crippen LogP contribution < -0.4 is 32.3 Å². The molecule has 1 rings (SSSR count). The number of amides is 6. The Morgan fingerprint density at radius 1 is 0.765 bits per heavy atom. The fourth-order valence-corrected chi connectivity index (χ4v) is 5.67. The molecule has 1 aliphatic heterocycles. The SMILES string of the molecule is CSCC[C@H](N)C(=O)N[C@@H](C)C(=O)N1CCC[C@H]1C(=O)N[C@H](C(=O)N[C@H](C(=O)N[C@@H](CCC(=O)O)C(=O)N[C@H](C(=O)O)C(C)C)[C@@H](C)O)[C@@H](C)O. The van der Waals surface area contributed by atoms with Crippen molar-refractivity contribution in [3.63, 3.8) is 0 Å². The number of carbonyl (C=O) groups excluding carboxylic acids is 6. The van der Waals surface area contributed by atoms with E-state index < -0.39 is 121 Å². The predicted octanol–water partition coefficient (Wildman–Crippen LogP) is -3.13. The number of hydrogen-bond donors (Lipinski definition) is 10. The molecule has 6 amide bonds. The average Bonchev–Trinajstić information content (AvgIpc) is 3.54. The van der Waals surface area contributed by atoms with Gasteiger partial charge in [0.25, 0.3) is 0 Å². The van der Waals surface area contributed by atoms with Crippen LogP contribution in [0.1, 0.15) is 66.7 Å². The second kappa shape index (κ2) is 21.4. The number of nitrogens with one attached hydrogen (secondary N) is 5. The molecule has 11 N–H and O–H groups in total. The summed E-state index contributed by atoms with van der Waals surface area (Å²) in [6.45, 7) is 6.98. The molecule has 0 radical (unpaired) electrons. The highest BCUT2D eigenvalue weighted by molar-refractivity contribution is 7.98. The van der Waals surface area contributed by atoms with Crippen molar-refractivity contribution in [2.45, 2.75) is 121 Å². The number of carboxylic acids is 2. The highest BCUT2D eigenvalue weighted by atomic mass is 32.2. The number of nitrogens with two attached hydrogens (primary N) is 1. The first kappa shape index (κ1) is 45.0. The molecule has 0 saturated carbocycles. The minimum atomic E-state index is -1.78. The number of thioether (sulfide) groups is 1. The lowest BCUT2D eigenvalue weighted by molar-refractivity contribution is -0.144. The van der Waals surface area contributed by atoms with Crippen molar-refractivity contribution in [2.24, 2.45) is 11.7 Å². The van der Waals surface area contributed by atoms with Gasteiger partial charge in [0.05, 0.1) is 18.2 Å². The zero-order valence-electron chi connectivity index (χ0n) is 29.7. The Labute approximate surface area is 300 Å². The molecular formula is C31H53N7O12S. The number of aliphatic carboxylic acids is 2. The van der Waals surface area contributed by atoms with Crippen LogP contribution in [0.25, 0.3) is 0 Å². The Kier molecular flexibility index (Phi) is 18.9. The number of rotatable bonds is 21. The van der Waals surface area contributed by atoms with Crippen molar-refractivity contribution in [3.8, 4) is 0 Å². The van der Waals surface area contributed by atoms with Crippen LogP contribution >= 0.6 is 11.8 Å². The number of carboxylic acid groups (broad SMARTS) is 2. The molecule has 0 aliphatic carbocycles. The van der Waals surface area contributed by atoms with Gasteiger partial charge in [-0.3, -0.25) is 33.6 Å². The maximum atomic E-state index is 13.4. The lowest BCUT2D eigenvalue weighted by Crippen LogP contribution is -2.63. The molecule has 0 aromatic heterocycles. The summed E-state index contributed by atoms with van der Waals surface area (Å²) in [4.78, 5) is 103. The maximum Gasteiger partial charge on any atom is 0.326 e. The number of likely N-dealkylation sites (tertiary alicyclic amines) is 1. The molecule has 0 unspecified atom stereocenters. The lowest BCUT2D eigenvalue weighted by Gasteiger charge is -2.30. The predicted molar refractivity (Wildman–Crippen MR) is 184 cm³/mol. The van der Waals surface area contributed by atoms with E-state index in [1.807, 2.05) is 6.26 Å². The van der Waals surface area contributed by atoms with Crippen molar-refractivity contribution < 1.29 is 58.8 Å². The third-order valence-corrected chi connectivity index (χ3v) is 8.82. The van der Waals surface area contributed by atoms with Crippen LogP contribution in [0.2, 0.25) is 0 Å². The monoisotopic (exact) mass is 747 g/mol. The summed E-state index contributed by atoms with van der Waals surface area (Å²) in [6, 6.07) is -9.34. The zero-order chi connectivity index (χ0) is 39.2. The molecular weight excluding hydrogens is 694 g/mol. The van der Waals surface area contributed by atoms with Crippen molar-refractivity contribution in [1.82, 2.24) is 31.5 Å². The third-order valence-electron chi connectivity index (χ3n) is 8.17. The van der Waals surface area contributed by atoms with Gasteiger partial charge in [-0.25, -0.2) is 4.79 Å². The molecule has 9 atom stereocenters. The molecule has 1 aliphatic rings. The van der Waals surface area contributed by atoms with E-state index in [2.05, 4.69) is 26.6 Å². The summed E-state index contributed by atoms with van der Waals surface area (Å²) in [5.74, 6) is -7.79. The Morgan fingerprint density at radius 3 is 1.82 bits per heavy atom. The Morgan fingerprint density at radius 2 is 1.31 bits per heavy atom. The van der Waals surface area contributed by atoms with E-state index in [1.165, 1.54) is 44.4 Å².